The van der Waals surface area contributed by atoms with E-state index in [0.717, 1.165) is 32.1 Å². The lowest BCUT2D eigenvalue weighted by molar-refractivity contribution is -0.142. The van der Waals surface area contributed by atoms with Crippen molar-refractivity contribution in [1.82, 2.24) is 0 Å². The van der Waals surface area contributed by atoms with E-state index in [1.807, 2.05) is 0 Å². The van der Waals surface area contributed by atoms with Gasteiger partial charge < -0.3 is 5.11 Å². The Morgan fingerprint density at radius 2 is 2.27 bits per heavy atom. The Labute approximate surface area is 92.4 Å². The number of carbonyl (C=O) groups is 1. The minimum atomic E-state index is -0.635. The monoisotopic (exact) mass is 210 g/mol. The number of carboxylic acids is 1. The fourth-order valence-corrected chi connectivity index (χ4v) is 2.53. The number of rotatable bonds is 5. The van der Waals surface area contributed by atoms with Crippen LogP contribution >= 0.6 is 0 Å². The quantitative estimate of drug-likeness (QED) is 0.704. The van der Waals surface area contributed by atoms with Crippen LogP contribution in [0.15, 0.2) is 11.6 Å². The molecule has 0 aromatic carbocycles. The van der Waals surface area contributed by atoms with Gasteiger partial charge in [0, 0.05) is 0 Å². The van der Waals surface area contributed by atoms with Crippen LogP contribution in [-0.2, 0) is 4.79 Å². The molecule has 1 N–H and O–H groups in total. The molecule has 1 rings (SSSR count). The predicted octanol–water partition coefficient (Wildman–Crippen LogP) is 3.62. The molecule has 2 heteroatoms. The lowest BCUT2D eigenvalue weighted by Gasteiger charge is -2.25. The van der Waals surface area contributed by atoms with E-state index in [1.54, 1.807) is 0 Å². The topological polar surface area (TPSA) is 37.3 Å². The van der Waals surface area contributed by atoms with Crippen molar-refractivity contribution >= 4 is 5.97 Å². The average molecular weight is 210 g/mol. The van der Waals surface area contributed by atoms with Crippen LogP contribution in [0, 0.1) is 11.8 Å². The maximum atomic E-state index is 11.3. The summed E-state index contributed by atoms with van der Waals surface area (Å²) in [6, 6.07) is 0. The minimum Gasteiger partial charge on any atom is -0.481 e. The summed E-state index contributed by atoms with van der Waals surface area (Å²) in [4.78, 5) is 11.3. The lowest BCUT2D eigenvalue weighted by atomic mass is 9.80. The van der Waals surface area contributed by atoms with Crippen molar-refractivity contribution in [2.24, 2.45) is 11.8 Å². The molecule has 1 aliphatic rings. The smallest absolute Gasteiger partial charge is 0.310 e. The molecular formula is C13H22O2. The second kappa shape index (κ2) is 5.94. The second-order valence-corrected chi connectivity index (χ2v) is 4.61. The Balaban J connectivity index is 2.72. The van der Waals surface area contributed by atoms with Gasteiger partial charge in [0.15, 0.2) is 0 Å². The molecule has 0 amide bonds. The van der Waals surface area contributed by atoms with Crippen LogP contribution in [0.3, 0.4) is 0 Å². The van der Waals surface area contributed by atoms with Crippen LogP contribution < -0.4 is 0 Å². The highest BCUT2D eigenvalue weighted by atomic mass is 16.4. The van der Waals surface area contributed by atoms with Crippen LogP contribution in [0.5, 0.6) is 0 Å². The van der Waals surface area contributed by atoms with Gasteiger partial charge in [-0.25, -0.2) is 0 Å². The molecule has 15 heavy (non-hydrogen) atoms. The zero-order chi connectivity index (χ0) is 11.3. The molecule has 1 aliphatic carbocycles. The summed E-state index contributed by atoms with van der Waals surface area (Å²) < 4.78 is 0. The molecule has 0 heterocycles. The van der Waals surface area contributed by atoms with Crippen LogP contribution in [0.2, 0.25) is 0 Å². The normalized spacial score (nSPS) is 20.5. The van der Waals surface area contributed by atoms with Gasteiger partial charge in [-0.3, -0.25) is 4.79 Å². The standard InChI is InChI=1S/C13H22O2/c1-3-7-10(2)12(13(14)15)11-8-5-4-6-9-11/h8,10,12H,3-7,9H2,1-2H3,(H,14,15). The van der Waals surface area contributed by atoms with Gasteiger partial charge >= 0.3 is 5.97 Å². The second-order valence-electron chi connectivity index (χ2n) is 4.61. The number of hydrogen-bond acceptors (Lipinski definition) is 1. The van der Waals surface area contributed by atoms with E-state index in [1.165, 1.54) is 12.0 Å². The molecular weight excluding hydrogens is 188 g/mol. The van der Waals surface area contributed by atoms with Crippen molar-refractivity contribution in [2.75, 3.05) is 0 Å². The Kier molecular flexibility index (Phi) is 4.86. The van der Waals surface area contributed by atoms with Crippen LogP contribution in [-0.4, -0.2) is 11.1 Å². The molecule has 0 saturated heterocycles. The summed E-state index contributed by atoms with van der Waals surface area (Å²) in [5.41, 5.74) is 1.18. The molecule has 0 aliphatic heterocycles. The lowest BCUT2D eigenvalue weighted by Crippen LogP contribution is -2.24. The molecule has 2 atom stereocenters. The Morgan fingerprint density at radius 1 is 1.53 bits per heavy atom. The van der Waals surface area contributed by atoms with Crippen LogP contribution in [0.4, 0.5) is 0 Å². The van der Waals surface area contributed by atoms with Gasteiger partial charge in [-0.1, -0.05) is 31.9 Å². The third-order valence-electron chi connectivity index (χ3n) is 3.30. The molecule has 0 aromatic heterocycles. The number of carboxylic acid groups (broad SMARTS) is 1. The van der Waals surface area contributed by atoms with Crippen molar-refractivity contribution in [1.29, 1.82) is 0 Å². The zero-order valence-corrected chi connectivity index (χ0v) is 9.83. The first-order valence-electron chi connectivity index (χ1n) is 6.08. The van der Waals surface area contributed by atoms with Gasteiger partial charge in [-0.2, -0.15) is 0 Å². The molecule has 0 bridgehead atoms. The van der Waals surface area contributed by atoms with Crippen molar-refractivity contribution < 1.29 is 9.90 Å². The number of aliphatic carboxylic acids is 1. The van der Waals surface area contributed by atoms with E-state index >= 15 is 0 Å². The number of hydrogen-bond donors (Lipinski definition) is 1. The molecule has 0 saturated carbocycles. The SMILES string of the molecule is CCCC(C)C(C(=O)O)C1=CCCCC1. The van der Waals surface area contributed by atoms with Crippen molar-refractivity contribution in [3.8, 4) is 0 Å². The van der Waals surface area contributed by atoms with Gasteiger partial charge in [0.1, 0.15) is 0 Å². The number of allylic oxidation sites excluding steroid dienone is 1. The van der Waals surface area contributed by atoms with Gasteiger partial charge in [0.2, 0.25) is 0 Å². The highest BCUT2D eigenvalue weighted by Gasteiger charge is 2.28. The van der Waals surface area contributed by atoms with Gasteiger partial charge in [0.05, 0.1) is 5.92 Å². The summed E-state index contributed by atoms with van der Waals surface area (Å²) >= 11 is 0. The third kappa shape index (κ3) is 3.37. The van der Waals surface area contributed by atoms with E-state index in [-0.39, 0.29) is 11.8 Å². The highest BCUT2D eigenvalue weighted by Crippen LogP contribution is 2.31. The first kappa shape index (κ1) is 12.3. The summed E-state index contributed by atoms with van der Waals surface area (Å²) in [6.45, 7) is 4.18. The maximum Gasteiger partial charge on any atom is 0.310 e. The largest absolute Gasteiger partial charge is 0.481 e. The first-order chi connectivity index (χ1) is 7.16. The fraction of sp³-hybridized carbons (Fsp3) is 0.769. The van der Waals surface area contributed by atoms with E-state index in [2.05, 4.69) is 19.9 Å². The van der Waals surface area contributed by atoms with Gasteiger partial charge in [-0.05, 0) is 38.0 Å². The van der Waals surface area contributed by atoms with Gasteiger partial charge in [-0.15, -0.1) is 0 Å². The van der Waals surface area contributed by atoms with Crippen molar-refractivity contribution in [2.45, 2.75) is 52.4 Å². The summed E-state index contributed by atoms with van der Waals surface area (Å²) in [5, 5.41) is 9.28. The molecule has 0 spiro atoms. The minimum absolute atomic E-state index is 0.231. The molecule has 0 aromatic rings. The summed E-state index contributed by atoms with van der Waals surface area (Å²) in [6.07, 6.45) is 8.68. The Morgan fingerprint density at radius 3 is 2.73 bits per heavy atom. The fourth-order valence-electron chi connectivity index (χ4n) is 2.53. The molecule has 2 nitrogen and oxygen atoms in total. The predicted molar refractivity (Wildman–Crippen MR) is 61.7 cm³/mol. The Bertz CT molecular complexity index is 243. The van der Waals surface area contributed by atoms with E-state index in [0.29, 0.717) is 0 Å². The molecule has 2 unspecified atom stereocenters. The van der Waals surface area contributed by atoms with Gasteiger partial charge in [0.25, 0.3) is 0 Å². The highest BCUT2D eigenvalue weighted by molar-refractivity contribution is 5.74. The third-order valence-corrected chi connectivity index (χ3v) is 3.30. The summed E-state index contributed by atoms with van der Waals surface area (Å²) in [7, 11) is 0. The van der Waals surface area contributed by atoms with Crippen molar-refractivity contribution in [3.05, 3.63) is 11.6 Å². The average Bonchev–Trinajstić information content (AvgIpc) is 2.19. The van der Waals surface area contributed by atoms with Crippen molar-refractivity contribution in [3.63, 3.8) is 0 Å². The molecule has 86 valence electrons. The maximum absolute atomic E-state index is 11.3. The zero-order valence-electron chi connectivity index (χ0n) is 9.83. The van der Waals surface area contributed by atoms with E-state index in [4.69, 9.17) is 0 Å². The van der Waals surface area contributed by atoms with Crippen LogP contribution in [0.25, 0.3) is 0 Å². The first-order valence-corrected chi connectivity index (χ1v) is 6.08. The summed E-state index contributed by atoms with van der Waals surface area (Å²) in [5.74, 6) is -0.591. The van der Waals surface area contributed by atoms with E-state index < -0.39 is 5.97 Å². The molecule has 0 radical (unpaired) electrons. The van der Waals surface area contributed by atoms with Crippen LogP contribution in [0.1, 0.15) is 52.4 Å². The molecule has 0 fully saturated rings. The Hall–Kier alpha value is -0.790. The van der Waals surface area contributed by atoms with E-state index in [9.17, 15) is 9.90 Å².